The smallest absolute Gasteiger partial charge is 0.269 e. The van der Waals surface area contributed by atoms with E-state index in [4.69, 9.17) is 46.3 Å². The third kappa shape index (κ3) is 3.87. The Kier molecular flexibility index (Phi) is 5.70. The molecule has 4 rings (SSSR count). The van der Waals surface area contributed by atoms with Crippen molar-refractivity contribution in [1.29, 1.82) is 0 Å². The number of nitrogens with two attached hydrogens (primary N) is 2. The third-order valence-electron chi connectivity index (χ3n) is 3.29. The van der Waals surface area contributed by atoms with Crippen LogP contribution >= 0.6 is 50.7 Å². The first kappa shape index (κ1) is 20.3. The SMILES string of the molecule is NC(=O)c1cnc2c(Br)cc(Cl)nn12.NC(=O)c1cnc2c(Cl)cc(Cl)nn12. The van der Waals surface area contributed by atoms with E-state index in [9.17, 15) is 9.59 Å². The van der Waals surface area contributed by atoms with Crippen LogP contribution in [0.25, 0.3) is 11.3 Å². The zero-order valence-corrected chi connectivity index (χ0v) is 17.3. The maximum Gasteiger partial charge on any atom is 0.269 e. The van der Waals surface area contributed by atoms with Crippen LogP contribution in [0.2, 0.25) is 15.3 Å². The van der Waals surface area contributed by atoms with Crippen LogP contribution in [0.5, 0.6) is 0 Å². The molecule has 0 radical (unpaired) electrons. The highest BCUT2D eigenvalue weighted by molar-refractivity contribution is 9.10. The van der Waals surface area contributed by atoms with Crippen molar-refractivity contribution < 1.29 is 9.59 Å². The summed E-state index contributed by atoms with van der Waals surface area (Å²) in [6.45, 7) is 0. The Morgan fingerprint density at radius 1 is 0.857 bits per heavy atom. The molecule has 0 spiro atoms. The van der Waals surface area contributed by atoms with E-state index < -0.39 is 11.8 Å². The molecule has 0 bridgehead atoms. The van der Waals surface area contributed by atoms with Gasteiger partial charge in [-0.3, -0.25) is 9.59 Å². The van der Waals surface area contributed by atoms with E-state index in [1.54, 1.807) is 6.07 Å². The van der Waals surface area contributed by atoms with E-state index in [0.29, 0.717) is 20.8 Å². The van der Waals surface area contributed by atoms with Gasteiger partial charge >= 0.3 is 0 Å². The standard InChI is InChI=1S/C7H4BrClN4O.C7H4Cl2N4O/c2*8-3-1-5(9)12-13-4(6(10)14)2-11-7(3)13/h2*1-2H,(H2,10,14). The summed E-state index contributed by atoms with van der Waals surface area (Å²) in [5.41, 5.74) is 11.4. The Balaban J connectivity index is 0.000000161. The molecular weight excluding hydrogens is 498 g/mol. The molecule has 4 aromatic heterocycles. The number of halogens is 4. The van der Waals surface area contributed by atoms with Crippen molar-refractivity contribution in [2.45, 2.75) is 0 Å². The van der Waals surface area contributed by atoms with Crippen LogP contribution < -0.4 is 11.5 Å². The Hall–Kier alpha value is -2.47. The maximum atomic E-state index is 11.0. The normalized spacial score (nSPS) is 10.7. The fraction of sp³-hybridized carbons (Fsp3) is 0. The van der Waals surface area contributed by atoms with Gasteiger partial charge in [0.15, 0.2) is 21.6 Å². The number of nitrogens with zero attached hydrogens (tertiary/aromatic N) is 6. The molecule has 4 N–H and O–H groups in total. The van der Waals surface area contributed by atoms with Gasteiger partial charge in [0.25, 0.3) is 11.8 Å². The maximum absolute atomic E-state index is 11.0. The number of hydrogen-bond donors (Lipinski definition) is 2. The average Bonchev–Trinajstić information content (AvgIpc) is 3.19. The molecule has 0 aliphatic carbocycles. The van der Waals surface area contributed by atoms with Crippen LogP contribution in [0.1, 0.15) is 21.0 Å². The summed E-state index contributed by atoms with van der Waals surface area (Å²) in [6.07, 6.45) is 2.65. The van der Waals surface area contributed by atoms with Crippen molar-refractivity contribution in [1.82, 2.24) is 29.2 Å². The number of primary amides is 2. The molecule has 0 aliphatic heterocycles. The highest BCUT2D eigenvalue weighted by atomic mass is 79.9. The highest BCUT2D eigenvalue weighted by Crippen LogP contribution is 2.21. The Morgan fingerprint density at radius 3 is 1.86 bits per heavy atom. The molecular formula is C14H8BrCl3N8O2. The summed E-state index contributed by atoms with van der Waals surface area (Å²) in [6, 6.07) is 3.03. The van der Waals surface area contributed by atoms with Crippen LogP contribution in [-0.2, 0) is 0 Å². The molecule has 144 valence electrons. The molecule has 0 unspecified atom stereocenters. The first-order valence-electron chi connectivity index (χ1n) is 7.18. The fourth-order valence-electron chi connectivity index (χ4n) is 2.14. The van der Waals surface area contributed by atoms with Gasteiger partial charge < -0.3 is 11.5 Å². The summed E-state index contributed by atoms with van der Waals surface area (Å²) in [5.74, 6) is -1.23. The first-order chi connectivity index (χ1) is 13.2. The van der Waals surface area contributed by atoms with E-state index in [-0.39, 0.29) is 21.7 Å². The highest BCUT2D eigenvalue weighted by Gasteiger charge is 2.13. The van der Waals surface area contributed by atoms with E-state index in [1.165, 1.54) is 27.5 Å². The van der Waals surface area contributed by atoms with Crippen molar-refractivity contribution in [3.63, 3.8) is 0 Å². The van der Waals surface area contributed by atoms with E-state index in [1.807, 2.05) is 0 Å². The molecule has 0 saturated carbocycles. The van der Waals surface area contributed by atoms with Gasteiger partial charge in [0.1, 0.15) is 11.4 Å². The van der Waals surface area contributed by atoms with E-state index in [2.05, 4.69) is 36.1 Å². The first-order valence-corrected chi connectivity index (χ1v) is 9.11. The van der Waals surface area contributed by atoms with Gasteiger partial charge in [0.2, 0.25) is 0 Å². The Bertz CT molecular complexity index is 1140. The molecule has 0 aliphatic rings. The number of imidazole rings is 2. The zero-order valence-electron chi connectivity index (χ0n) is 13.5. The molecule has 10 nitrogen and oxygen atoms in total. The van der Waals surface area contributed by atoms with Crippen molar-refractivity contribution in [2.75, 3.05) is 0 Å². The van der Waals surface area contributed by atoms with Crippen LogP contribution in [0.4, 0.5) is 0 Å². The molecule has 0 aromatic carbocycles. The molecule has 2 amide bonds. The Morgan fingerprint density at radius 2 is 1.32 bits per heavy atom. The van der Waals surface area contributed by atoms with Crippen molar-refractivity contribution in [3.05, 3.63) is 55.7 Å². The molecule has 14 heteroatoms. The molecule has 0 saturated heterocycles. The number of hydrogen-bond acceptors (Lipinski definition) is 6. The lowest BCUT2D eigenvalue weighted by atomic mass is 10.5. The lowest BCUT2D eigenvalue weighted by Gasteiger charge is -1.98. The lowest BCUT2D eigenvalue weighted by molar-refractivity contribution is 0.0985. The minimum Gasteiger partial charge on any atom is -0.364 e. The van der Waals surface area contributed by atoms with Crippen LogP contribution in [0.15, 0.2) is 29.0 Å². The number of aromatic nitrogens is 6. The zero-order chi connectivity index (χ0) is 20.6. The minimum absolute atomic E-state index is 0.143. The molecule has 4 aromatic rings. The van der Waals surface area contributed by atoms with Gasteiger partial charge in [-0.1, -0.05) is 34.8 Å². The second-order valence-corrected chi connectivity index (χ2v) is 7.15. The van der Waals surface area contributed by atoms with Gasteiger partial charge in [-0.25, -0.2) is 19.0 Å². The number of carbonyl (C=O) groups is 2. The topological polar surface area (TPSA) is 147 Å². The van der Waals surface area contributed by atoms with Crippen LogP contribution in [-0.4, -0.2) is 41.0 Å². The summed E-state index contributed by atoms with van der Waals surface area (Å²) < 4.78 is 3.17. The number of carbonyl (C=O) groups excluding carboxylic acids is 2. The second-order valence-electron chi connectivity index (χ2n) is 5.12. The second kappa shape index (κ2) is 7.87. The van der Waals surface area contributed by atoms with Gasteiger partial charge in [-0.15, -0.1) is 0 Å². The summed E-state index contributed by atoms with van der Waals surface area (Å²) in [4.78, 5) is 29.8. The minimum atomic E-state index is -0.636. The summed E-state index contributed by atoms with van der Waals surface area (Å²) in [7, 11) is 0. The predicted molar refractivity (Wildman–Crippen MR) is 106 cm³/mol. The quantitative estimate of drug-likeness (QED) is 0.427. The van der Waals surface area contributed by atoms with Crippen molar-refractivity contribution in [3.8, 4) is 0 Å². The molecule has 4 heterocycles. The summed E-state index contributed by atoms with van der Waals surface area (Å²) in [5, 5.41) is 8.50. The predicted octanol–water partition coefficient (Wildman–Crippen LogP) is 2.38. The summed E-state index contributed by atoms with van der Waals surface area (Å²) >= 11 is 20.4. The third-order valence-corrected chi connectivity index (χ3v) is 4.52. The van der Waals surface area contributed by atoms with Gasteiger partial charge in [0, 0.05) is 0 Å². The number of rotatable bonds is 2. The van der Waals surface area contributed by atoms with Gasteiger partial charge in [-0.05, 0) is 28.1 Å². The monoisotopic (exact) mass is 504 g/mol. The number of amides is 2. The number of fused-ring (bicyclic) bond motifs is 2. The van der Waals surface area contributed by atoms with E-state index >= 15 is 0 Å². The van der Waals surface area contributed by atoms with Crippen molar-refractivity contribution in [2.24, 2.45) is 11.5 Å². The van der Waals surface area contributed by atoms with E-state index in [0.717, 1.165) is 0 Å². The van der Waals surface area contributed by atoms with Crippen LogP contribution in [0.3, 0.4) is 0 Å². The van der Waals surface area contributed by atoms with Crippen LogP contribution in [0, 0.1) is 0 Å². The fourth-order valence-corrected chi connectivity index (χ4v) is 3.42. The largest absolute Gasteiger partial charge is 0.364 e. The molecule has 0 fully saturated rings. The molecule has 28 heavy (non-hydrogen) atoms. The Labute approximate surface area is 179 Å². The average molecular weight is 507 g/mol. The molecule has 0 atom stereocenters. The lowest BCUT2D eigenvalue weighted by Crippen LogP contribution is -2.14. The van der Waals surface area contributed by atoms with Crippen molar-refractivity contribution >= 4 is 73.8 Å². The van der Waals surface area contributed by atoms with Gasteiger partial charge in [0.05, 0.1) is 21.9 Å². The van der Waals surface area contributed by atoms with Gasteiger partial charge in [-0.2, -0.15) is 10.2 Å².